The zero-order valence-corrected chi connectivity index (χ0v) is 9.54. The summed E-state index contributed by atoms with van der Waals surface area (Å²) in [5.74, 6) is -0.101. The van der Waals surface area contributed by atoms with Gasteiger partial charge in [-0.05, 0) is 31.1 Å². The van der Waals surface area contributed by atoms with Crippen molar-refractivity contribution in [3.63, 3.8) is 0 Å². The molecule has 0 aliphatic heterocycles. The summed E-state index contributed by atoms with van der Waals surface area (Å²) in [6.07, 6.45) is 2.85. The molecule has 0 spiro atoms. The number of hydrogen-bond acceptors (Lipinski definition) is 2. The maximum absolute atomic E-state index is 9.46. The minimum absolute atomic E-state index is 0.101. The van der Waals surface area contributed by atoms with E-state index < -0.39 is 0 Å². The molecule has 2 nitrogen and oxygen atoms in total. The molecule has 0 radical (unpaired) electrons. The first-order valence-electron chi connectivity index (χ1n) is 4.97. The zero-order chi connectivity index (χ0) is 12.1. The third-order valence-electron chi connectivity index (χ3n) is 2.34. The fourth-order valence-electron chi connectivity index (χ4n) is 1.36. The van der Waals surface area contributed by atoms with E-state index >= 15 is 0 Å². The van der Waals surface area contributed by atoms with Crippen molar-refractivity contribution in [1.29, 1.82) is 5.41 Å². The van der Waals surface area contributed by atoms with E-state index in [1.54, 1.807) is 6.08 Å². The highest BCUT2D eigenvalue weighted by Crippen LogP contribution is 2.16. The van der Waals surface area contributed by atoms with Crippen LogP contribution in [0.1, 0.15) is 16.7 Å². The van der Waals surface area contributed by atoms with Crippen molar-refractivity contribution in [2.45, 2.75) is 13.8 Å². The quantitative estimate of drug-likeness (QED) is 0.343. The van der Waals surface area contributed by atoms with E-state index in [-0.39, 0.29) is 5.76 Å². The summed E-state index contributed by atoms with van der Waals surface area (Å²) in [7, 11) is 0. The average molecular weight is 213 g/mol. The highest BCUT2D eigenvalue weighted by atomic mass is 16.3. The fraction of sp³-hybridized carbons (Fsp3) is 0.143. The molecule has 0 unspecified atom stereocenters. The standard InChI is InChI=1S/C14H15NO/c1-4-14(16)13(9-15)8-12-7-10(2)5-6-11(12)3/h5-9,15-16H,1H2,2-3H3/b13-8-,15-9?. The maximum atomic E-state index is 9.46. The second-order valence-corrected chi connectivity index (χ2v) is 3.63. The van der Waals surface area contributed by atoms with Crippen LogP contribution >= 0.6 is 0 Å². The van der Waals surface area contributed by atoms with Gasteiger partial charge >= 0.3 is 0 Å². The number of benzene rings is 1. The molecule has 1 aromatic carbocycles. The molecular formula is C14H15NO. The Morgan fingerprint density at radius 3 is 2.69 bits per heavy atom. The predicted octanol–water partition coefficient (Wildman–Crippen LogP) is 3.56. The molecule has 1 aromatic rings. The van der Waals surface area contributed by atoms with Crippen molar-refractivity contribution >= 4 is 12.3 Å². The van der Waals surface area contributed by atoms with E-state index in [1.807, 2.05) is 32.0 Å². The van der Waals surface area contributed by atoms with Crippen molar-refractivity contribution < 1.29 is 5.11 Å². The topological polar surface area (TPSA) is 44.1 Å². The molecule has 0 aliphatic carbocycles. The Morgan fingerprint density at radius 2 is 2.12 bits per heavy atom. The second kappa shape index (κ2) is 5.15. The Kier molecular flexibility index (Phi) is 3.87. The van der Waals surface area contributed by atoms with Gasteiger partial charge in [0.2, 0.25) is 0 Å². The lowest BCUT2D eigenvalue weighted by molar-refractivity contribution is 0.431. The summed E-state index contributed by atoms with van der Waals surface area (Å²) in [5.41, 5.74) is 6.01. The number of aliphatic hydroxyl groups excluding tert-OH is 1. The Balaban J connectivity index is 3.28. The largest absolute Gasteiger partial charge is 0.501 e. The lowest BCUT2D eigenvalue weighted by Gasteiger charge is -2.04. The Morgan fingerprint density at radius 1 is 1.44 bits per heavy atom. The third kappa shape index (κ3) is 2.72. The SMILES string of the molecule is C=C=C(O)/C(C=N)=C\c1cc(C)ccc1C. The minimum atomic E-state index is -0.101. The van der Waals surface area contributed by atoms with Crippen LogP contribution in [0, 0.1) is 19.3 Å². The molecule has 0 aliphatic rings. The molecule has 0 atom stereocenters. The van der Waals surface area contributed by atoms with E-state index in [4.69, 9.17) is 5.41 Å². The first kappa shape index (κ1) is 12.0. The fourth-order valence-corrected chi connectivity index (χ4v) is 1.36. The zero-order valence-electron chi connectivity index (χ0n) is 9.54. The van der Waals surface area contributed by atoms with Gasteiger partial charge in [0, 0.05) is 11.8 Å². The molecule has 0 saturated carbocycles. The molecule has 1 rings (SSSR count). The van der Waals surface area contributed by atoms with Crippen LogP contribution in [0.4, 0.5) is 0 Å². The van der Waals surface area contributed by atoms with Gasteiger partial charge in [0.05, 0.1) is 0 Å². The lowest BCUT2D eigenvalue weighted by Crippen LogP contribution is -1.90. The number of aryl methyl sites for hydroxylation is 2. The van der Waals surface area contributed by atoms with Gasteiger partial charge in [-0.3, -0.25) is 0 Å². The average Bonchev–Trinajstić information content (AvgIpc) is 2.29. The van der Waals surface area contributed by atoms with Crippen molar-refractivity contribution in [3.8, 4) is 0 Å². The minimum Gasteiger partial charge on any atom is -0.501 e. The molecule has 82 valence electrons. The molecule has 2 heteroatoms. The van der Waals surface area contributed by atoms with Gasteiger partial charge in [-0.25, -0.2) is 0 Å². The van der Waals surface area contributed by atoms with Crippen LogP contribution in [0.3, 0.4) is 0 Å². The molecule has 0 heterocycles. The van der Waals surface area contributed by atoms with E-state index in [9.17, 15) is 5.11 Å². The van der Waals surface area contributed by atoms with Crippen molar-refractivity contribution in [3.05, 3.63) is 58.5 Å². The number of allylic oxidation sites excluding steroid dienone is 1. The number of aliphatic hydroxyl groups is 1. The summed E-state index contributed by atoms with van der Waals surface area (Å²) in [6, 6.07) is 6.05. The Labute approximate surface area is 95.8 Å². The van der Waals surface area contributed by atoms with Gasteiger partial charge in [-0.1, -0.05) is 36.1 Å². The van der Waals surface area contributed by atoms with E-state index in [2.05, 4.69) is 12.3 Å². The van der Waals surface area contributed by atoms with Crippen molar-refractivity contribution in [2.75, 3.05) is 0 Å². The predicted molar refractivity (Wildman–Crippen MR) is 68.0 cm³/mol. The van der Waals surface area contributed by atoms with Crippen LogP contribution in [-0.4, -0.2) is 11.3 Å². The van der Waals surface area contributed by atoms with Crippen LogP contribution in [-0.2, 0) is 0 Å². The molecule has 2 N–H and O–H groups in total. The lowest BCUT2D eigenvalue weighted by atomic mass is 10.0. The number of rotatable bonds is 3. The monoisotopic (exact) mass is 213 g/mol. The normalized spacial score (nSPS) is 10.8. The molecular weight excluding hydrogens is 198 g/mol. The summed E-state index contributed by atoms with van der Waals surface area (Å²) in [4.78, 5) is 0. The first-order valence-corrected chi connectivity index (χ1v) is 4.97. The first-order chi connectivity index (χ1) is 7.58. The summed E-state index contributed by atoms with van der Waals surface area (Å²) < 4.78 is 0. The van der Waals surface area contributed by atoms with Gasteiger partial charge in [-0.15, -0.1) is 0 Å². The summed E-state index contributed by atoms with van der Waals surface area (Å²) >= 11 is 0. The van der Waals surface area contributed by atoms with Crippen LogP contribution in [0.5, 0.6) is 0 Å². The van der Waals surface area contributed by atoms with Gasteiger partial charge in [-0.2, -0.15) is 0 Å². The van der Waals surface area contributed by atoms with Crippen LogP contribution < -0.4 is 0 Å². The molecule has 0 amide bonds. The van der Waals surface area contributed by atoms with E-state index in [0.717, 1.165) is 22.9 Å². The summed E-state index contributed by atoms with van der Waals surface area (Å²) in [6.45, 7) is 7.35. The number of nitrogens with one attached hydrogen (secondary N) is 1. The molecule has 0 saturated heterocycles. The maximum Gasteiger partial charge on any atom is 0.167 e. The van der Waals surface area contributed by atoms with Crippen molar-refractivity contribution in [2.24, 2.45) is 0 Å². The van der Waals surface area contributed by atoms with Gasteiger partial charge in [0.15, 0.2) is 5.76 Å². The summed E-state index contributed by atoms with van der Waals surface area (Å²) in [5, 5.41) is 16.7. The molecule has 0 bridgehead atoms. The molecule has 0 fully saturated rings. The Bertz CT molecular complexity index is 491. The van der Waals surface area contributed by atoms with E-state index in [1.165, 1.54) is 0 Å². The van der Waals surface area contributed by atoms with Crippen LogP contribution in [0.2, 0.25) is 0 Å². The van der Waals surface area contributed by atoms with Gasteiger partial charge in [0.25, 0.3) is 0 Å². The van der Waals surface area contributed by atoms with E-state index in [0.29, 0.717) is 5.57 Å². The second-order valence-electron chi connectivity index (χ2n) is 3.63. The highest BCUT2D eigenvalue weighted by Gasteiger charge is 2.01. The molecule has 0 aromatic heterocycles. The van der Waals surface area contributed by atoms with Crippen LogP contribution in [0.15, 0.2) is 41.8 Å². The van der Waals surface area contributed by atoms with Gasteiger partial charge in [0.1, 0.15) is 0 Å². The molecule has 16 heavy (non-hydrogen) atoms. The highest BCUT2D eigenvalue weighted by molar-refractivity contribution is 5.88. The van der Waals surface area contributed by atoms with Crippen molar-refractivity contribution in [1.82, 2.24) is 0 Å². The third-order valence-corrected chi connectivity index (χ3v) is 2.34. The number of hydrogen-bond donors (Lipinski definition) is 2. The Hall–Kier alpha value is -2.05. The smallest absolute Gasteiger partial charge is 0.167 e. The van der Waals surface area contributed by atoms with Gasteiger partial charge < -0.3 is 10.5 Å². The van der Waals surface area contributed by atoms with Crippen LogP contribution in [0.25, 0.3) is 6.08 Å².